The number of unbranched alkanes of at least 4 members (excludes halogenated alkanes) is 31. The predicted molar refractivity (Wildman–Crippen MR) is 250 cm³/mol. The molecule has 0 aromatic rings. The third-order valence-corrected chi connectivity index (χ3v) is 11.4. The molecule has 0 aliphatic heterocycles. The van der Waals surface area contributed by atoms with E-state index in [4.69, 9.17) is 4.74 Å². The molecule has 58 heavy (non-hydrogen) atoms. The van der Waals surface area contributed by atoms with E-state index in [1.165, 1.54) is 167 Å². The first-order valence-electron chi connectivity index (χ1n) is 25.3. The van der Waals surface area contributed by atoms with Gasteiger partial charge in [-0.05, 0) is 64.2 Å². The normalized spacial score (nSPS) is 13.0. The largest absolute Gasteiger partial charge is 0.466 e. The van der Waals surface area contributed by atoms with Crippen LogP contribution < -0.4 is 5.32 Å². The maximum absolute atomic E-state index is 12.4. The molecule has 0 aliphatic carbocycles. The van der Waals surface area contributed by atoms with Crippen LogP contribution in [0.25, 0.3) is 0 Å². The summed E-state index contributed by atoms with van der Waals surface area (Å²) in [4.78, 5) is 24.4. The smallest absolute Gasteiger partial charge is 0.305 e. The predicted octanol–water partition coefficient (Wildman–Crippen LogP) is 14.9. The Hall–Kier alpha value is -1.92. The molecule has 1 amide bonds. The van der Waals surface area contributed by atoms with Crippen LogP contribution in [0, 0.1) is 0 Å². The fraction of sp³-hybridized carbons (Fsp3) is 0.846. The van der Waals surface area contributed by atoms with E-state index >= 15 is 0 Å². The Kier molecular flexibility index (Phi) is 46.2. The van der Waals surface area contributed by atoms with E-state index in [2.05, 4.69) is 43.5 Å². The van der Waals surface area contributed by atoms with E-state index in [-0.39, 0.29) is 18.5 Å². The van der Waals surface area contributed by atoms with E-state index in [0.717, 1.165) is 64.2 Å². The van der Waals surface area contributed by atoms with Crippen molar-refractivity contribution in [2.45, 2.75) is 270 Å². The monoisotopic (exact) mass is 816 g/mol. The molecule has 2 unspecified atom stereocenters. The van der Waals surface area contributed by atoms with Crippen molar-refractivity contribution in [2.75, 3.05) is 13.2 Å². The van der Waals surface area contributed by atoms with Crippen LogP contribution in [0.2, 0.25) is 0 Å². The molecule has 3 N–H and O–H groups in total. The Morgan fingerprint density at radius 1 is 0.483 bits per heavy atom. The molecule has 0 spiro atoms. The molecule has 0 fully saturated rings. The van der Waals surface area contributed by atoms with Crippen LogP contribution in [0.1, 0.15) is 258 Å². The van der Waals surface area contributed by atoms with E-state index < -0.39 is 12.1 Å². The third kappa shape index (κ3) is 43.7. The summed E-state index contributed by atoms with van der Waals surface area (Å²) >= 11 is 0. The molecule has 0 rings (SSSR count). The number of amides is 1. The lowest BCUT2D eigenvalue weighted by molar-refractivity contribution is -0.143. The molecule has 6 heteroatoms. The highest BCUT2D eigenvalue weighted by Gasteiger charge is 2.18. The molecule has 0 bridgehead atoms. The molecule has 0 radical (unpaired) electrons. The number of aliphatic hydroxyl groups excluding tert-OH is 2. The Labute approximate surface area is 360 Å². The maximum Gasteiger partial charge on any atom is 0.305 e. The van der Waals surface area contributed by atoms with Crippen molar-refractivity contribution < 1.29 is 24.5 Å². The van der Waals surface area contributed by atoms with Gasteiger partial charge in [0.15, 0.2) is 0 Å². The molecule has 340 valence electrons. The highest BCUT2D eigenvalue weighted by atomic mass is 16.5. The van der Waals surface area contributed by atoms with Gasteiger partial charge in [-0.25, -0.2) is 0 Å². The molecular formula is C52H97NO5. The number of ether oxygens (including phenoxy) is 1. The van der Waals surface area contributed by atoms with Gasteiger partial charge >= 0.3 is 5.97 Å². The zero-order valence-electron chi connectivity index (χ0n) is 38.5. The highest BCUT2D eigenvalue weighted by molar-refractivity contribution is 5.76. The number of allylic oxidation sites excluding steroid dienone is 5. The summed E-state index contributed by atoms with van der Waals surface area (Å²) < 4.78 is 5.46. The van der Waals surface area contributed by atoms with Crippen molar-refractivity contribution in [1.29, 1.82) is 0 Å². The molecule has 0 aromatic carbocycles. The number of carbonyl (C=O) groups excluding carboxylic acids is 2. The van der Waals surface area contributed by atoms with Crippen LogP contribution in [-0.2, 0) is 14.3 Å². The first-order valence-corrected chi connectivity index (χ1v) is 25.3. The average Bonchev–Trinajstić information content (AvgIpc) is 3.22. The van der Waals surface area contributed by atoms with Gasteiger partial charge in [-0.15, -0.1) is 0 Å². The Bertz CT molecular complexity index is 946. The Morgan fingerprint density at radius 3 is 1.34 bits per heavy atom. The van der Waals surface area contributed by atoms with Gasteiger partial charge in [-0.2, -0.15) is 0 Å². The van der Waals surface area contributed by atoms with Crippen LogP contribution in [0.15, 0.2) is 36.5 Å². The number of aliphatic hydroxyl groups is 2. The summed E-state index contributed by atoms with van der Waals surface area (Å²) in [5, 5.41) is 23.0. The number of nitrogens with one attached hydrogen (secondary N) is 1. The zero-order chi connectivity index (χ0) is 42.3. The molecule has 2 atom stereocenters. The second-order valence-electron chi connectivity index (χ2n) is 17.1. The maximum atomic E-state index is 12.4. The summed E-state index contributed by atoms with van der Waals surface area (Å²) in [7, 11) is 0. The van der Waals surface area contributed by atoms with Crippen molar-refractivity contribution >= 4 is 11.9 Å². The topological polar surface area (TPSA) is 95.9 Å². The highest BCUT2D eigenvalue weighted by Crippen LogP contribution is 2.15. The number of hydrogen-bond donors (Lipinski definition) is 3. The molecule has 0 saturated heterocycles. The lowest BCUT2D eigenvalue weighted by Gasteiger charge is -2.20. The summed E-state index contributed by atoms with van der Waals surface area (Å²) in [6, 6.07) is -0.633. The number of rotatable bonds is 46. The van der Waals surface area contributed by atoms with Gasteiger partial charge in [-0.3, -0.25) is 9.59 Å². The van der Waals surface area contributed by atoms with E-state index in [0.29, 0.717) is 19.4 Å². The SMILES string of the molecule is CCCCC/C=C\C/C=C\CCCCCCCC(=O)OCCCCCCCCCCCCCCCCCC(=O)NC(CO)C(O)/C=C/CCCCCCCCCCC. The first-order chi connectivity index (χ1) is 28.5. The lowest BCUT2D eigenvalue weighted by atomic mass is 10.0. The van der Waals surface area contributed by atoms with E-state index in [1.54, 1.807) is 6.08 Å². The van der Waals surface area contributed by atoms with Gasteiger partial charge in [0.25, 0.3) is 0 Å². The molecule has 0 aromatic heterocycles. The lowest BCUT2D eigenvalue weighted by Crippen LogP contribution is -2.45. The van der Waals surface area contributed by atoms with Crippen molar-refractivity contribution in [2.24, 2.45) is 0 Å². The molecule has 6 nitrogen and oxygen atoms in total. The van der Waals surface area contributed by atoms with Gasteiger partial charge in [-0.1, -0.05) is 217 Å². The summed E-state index contributed by atoms with van der Waals surface area (Å²) in [6.07, 6.45) is 57.1. The van der Waals surface area contributed by atoms with Crippen LogP contribution >= 0.6 is 0 Å². The quantitative estimate of drug-likeness (QED) is 0.0323. The summed E-state index contributed by atoms with van der Waals surface area (Å²) in [6.45, 7) is 4.83. The molecule has 0 aliphatic rings. The Balaban J connectivity index is 3.46. The van der Waals surface area contributed by atoms with E-state index in [9.17, 15) is 19.8 Å². The molecular weight excluding hydrogens is 719 g/mol. The molecule has 0 saturated carbocycles. The second kappa shape index (κ2) is 47.8. The fourth-order valence-corrected chi connectivity index (χ4v) is 7.49. The van der Waals surface area contributed by atoms with E-state index in [1.807, 2.05) is 6.08 Å². The summed E-state index contributed by atoms with van der Waals surface area (Å²) in [5.74, 6) is -0.0946. The fourth-order valence-electron chi connectivity index (χ4n) is 7.49. The average molecular weight is 816 g/mol. The number of carbonyl (C=O) groups is 2. The number of hydrogen-bond acceptors (Lipinski definition) is 5. The van der Waals surface area contributed by atoms with Crippen molar-refractivity contribution in [3.63, 3.8) is 0 Å². The minimum absolute atomic E-state index is 0.0153. The van der Waals surface area contributed by atoms with Crippen molar-refractivity contribution in [1.82, 2.24) is 5.32 Å². The minimum atomic E-state index is -0.849. The van der Waals surface area contributed by atoms with Crippen LogP contribution in [0.5, 0.6) is 0 Å². The second-order valence-corrected chi connectivity index (χ2v) is 17.1. The van der Waals surface area contributed by atoms with Gasteiger partial charge in [0.2, 0.25) is 5.91 Å². The van der Waals surface area contributed by atoms with Crippen molar-refractivity contribution in [3.8, 4) is 0 Å². The first kappa shape index (κ1) is 56.1. The standard InChI is InChI=1S/C52H97NO5/c1-3-5-7-9-11-13-15-16-18-22-26-30-34-38-42-46-52(57)58-47-43-39-35-31-27-23-20-17-19-21-25-29-33-37-41-45-51(56)53-49(48-54)50(55)44-40-36-32-28-24-14-12-10-8-6-4-2/h11,13,16,18,40,44,49-50,54-55H,3-10,12,14-15,17,19-39,41-43,45-48H2,1-2H3,(H,53,56)/b13-11-,18-16-,44-40+. The van der Waals surface area contributed by atoms with Crippen molar-refractivity contribution in [3.05, 3.63) is 36.5 Å². The number of esters is 1. The van der Waals surface area contributed by atoms with Gasteiger partial charge in [0, 0.05) is 12.8 Å². The van der Waals surface area contributed by atoms with Gasteiger partial charge in [0.1, 0.15) is 0 Å². The molecule has 0 heterocycles. The van der Waals surface area contributed by atoms with Gasteiger partial charge in [0.05, 0.1) is 25.4 Å². The van der Waals surface area contributed by atoms with Crippen LogP contribution in [0.4, 0.5) is 0 Å². The minimum Gasteiger partial charge on any atom is -0.466 e. The Morgan fingerprint density at radius 2 is 0.862 bits per heavy atom. The zero-order valence-corrected chi connectivity index (χ0v) is 38.5. The van der Waals surface area contributed by atoms with Gasteiger partial charge < -0.3 is 20.3 Å². The third-order valence-electron chi connectivity index (χ3n) is 11.4. The van der Waals surface area contributed by atoms with Crippen LogP contribution in [-0.4, -0.2) is 47.4 Å². The summed E-state index contributed by atoms with van der Waals surface area (Å²) in [5.41, 5.74) is 0. The van der Waals surface area contributed by atoms with Crippen LogP contribution in [0.3, 0.4) is 0 Å².